The van der Waals surface area contributed by atoms with E-state index in [-0.39, 0.29) is 11.4 Å². The first-order chi connectivity index (χ1) is 14.9. The van der Waals surface area contributed by atoms with E-state index in [9.17, 15) is 14.0 Å². The van der Waals surface area contributed by atoms with Crippen LogP contribution in [0.1, 0.15) is 24.1 Å². The van der Waals surface area contributed by atoms with Crippen molar-refractivity contribution in [1.29, 1.82) is 0 Å². The summed E-state index contributed by atoms with van der Waals surface area (Å²) >= 11 is 1.22. The number of rotatable bonds is 4. The number of nitrogens with zero attached hydrogens (tertiary/aromatic N) is 2. The molecule has 1 aliphatic heterocycles. The van der Waals surface area contributed by atoms with Crippen LogP contribution >= 0.6 is 11.3 Å². The second-order valence-corrected chi connectivity index (χ2v) is 7.91. The Morgan fingerprint density at radius 2 is 1.81 bits per heavy atom. The van der Waals surface area contributed by atoms with Gasteiger partial charge in [0.2, 0.25) is 0 Å². The van der Waals surface area contributed by atoms with Gasteiger partial charge < -0.3 is 9.47 Å². The smallest absolute Gasteiger partial charge is 0.338 e. The number of methoxy groups -OCH3 is 2. The van der Waals surface area contributed by atoms with E-state index in [1.54, 1.807) is 44.4 Å². The van der Waals surface area contributed by atoms with Gasteiger partial charge in [-0.3, -0.25) is 9.36 Å². The van der Waals surface area contributed by atoms with Gasteiger partial charge in [0.1, 0.15) is 11.6 Å². The Morgan fingerprint density at radius 3 is 2.42 bits per heavy atom. The van der Waals surface area contributed by atoms with Crippen molar-refractivity contribution in [2.24, 2.45) is 4.99 Å². The largest absolute Gasteiger partial charge is 0.497 e. The van der Waals surface area contributed by atoms with Gasteiger partial charge in [-0.05, 0) is 48.4 Å². The zero-order valence-corrected chi connectivity index (χ0v) is 17.9. The molecule has 0 fully saturated rings. The molecule has 1 unspecified atom stereocenters. The fourth-order valence-corrected chi connectivity index (χ4v) is 4.55. The van der Waals surface area contributed by atoms with Crippen LogP contribution in [0.5, 0.6) is 5.75 Å². The maximum Gasteiger partial charge on any atom is 0.338 e. The molecule has 31 heavy (non-hydrogen) atoms. The van der Waals surface area contributed by atoms with Gasteiger partial charge in [0.15, 0.2) is 4.80 Å². The molecule has 2 heterocycles. The number of carbonyl (C=O) groups excluding carboxylic acids is 1. The highest BCUT2D eigenvalue weighted by Crippen LogP contribution is 2.31. The number of esters is 1. The first-order valence-corrected chi connectivity index (χ1v) is 10.2. The fourth-order valence-electron chi connectivity index (χ4n) is 3.50. The van der Waals surface area contributed by atoms with Crippen molar-refractivity contribution in [1.82, 2.24) is 4.57 Å². The summed E-state index contributed by atoms with van der Waals surface area (Å²) in [5.41, 5.74) is 1.92. The van der Waals surface area contributed by atoms with Crippen LogP contribution in [0.2, 0.25) is 0 Å². The summed E-state index contributed by atoms with van der Waals surface area (Å²) in [5.74, 6) is -0.237. The van der Waals surface area contributed by atoms with Gasteiger partial charge in [0, 0.05) is 0 Å². The van der Waals surface area contributed by atoms with Crippen molar-refractivity contribution < 1.29 is 18.7 Å². The average Bonchev–Trinajstić information content (AvgIpc) is 3.08. The van der Waals surface area contributed by atoms with Crippen LogP contribution in [0.25, 0.3) is 6.08 Å². The van der Waals surface area contributed by atoms with E-state index in [2.05, 4.69) is 4.99 Å². The predicted molar refractivity (Wildman–Crippen MR) is 115 cm³/mol. The van der Waals surface area contributed by atoms with Crippen LogP contribution in [0, 0.1) is 5.82 Å². The van der Waals surface area contributed by atoms with Gasteiger partial charge in [-0.25, -0.2) is 14.2 Å². The lowest BCUT2D eigenvalue weighted by Gasteiger charge is -2.24. The molecule has 8 heteroatoms. The molecule has 158 valence electrons. The lowest BCUT2D eigenvalue weighted by Crippen LogP contribution is -2.39. The van der Waals surface area contributed by atoms with Gasteiger partial charge >= 0.3 is 5.97 Å². The second kappa shape index (κ2) is 8.31. The third kappa shape index (κ3) is 3.82. The molecular weight excluding hydrogens is 419 g/mol. The summed E-state index contributed by atoms with van der Waals surface area (Å²) in [6, 6.07) is 12.3. The number of carbonyl (C=O) groups is 1. The van der Waals surface area contributed by atoms with Gasteiger partial charge in [0.25, 0.3) is 5.56 Å². The molecule has 3 aromatic rings. The standard InChI is InChI=1S/C23H19FN2O4S/c1-13-19(22(28)30-3)20(15-6-10-17(29-2)11-7-15)26-21(27)18(31-23(26)25-13)12-14-4-8-16(24)9-5-14/h4-12,20H,1-3H3. The van der Waals surface area contributed by atoms with E-state index in [1.807, 2.05) is 12.1 Å². The number of thiazole rings is 1. The first kappa shape index (κ1) is 20.7. The van der Waals surface area contributed by atoms with E-state index in [0.29, 0.717) is 31.9 Å². The highest BCUT2D eigenvalue weighted by atomic mass is 32.1. The van der Waals surface area contributed by atoms with Crippen molar-refractivity contribution >= 4 is 23.4 Å². The van der Waals surface area contributed by atoms with Crippen molar-refractivity contribution in [3.05, 3.63) is 96.4 Å². The Labute approximate surface area is 181 Å². The molecule has 0 radical (unpaired) electrons. The van der Waals surface area contributed by atoms with Crippen molar-refractivity contribution in [2.75, 3.05) is 14.2 Å². The Balaban J connectivity index is 1.94. The van der Waals surface area contributed by atoms with Gasteiger partial charge in [-0.2, -0.15) is 0 Å². The molecule has 6 nitrogen and oxygen atoms in total. The molecule has 1 aromatic heterocycles. The SMILES string of the molecule is COC(=O)C1=C(C)N=c2sc(=Cc3ccc(F)cc3)c(=O)n2C1c1ccc(OC)cc1. The minimum absolute atomic E-state index is 0.289. The second-order valence-electron chi connectivity index (χ2n) is 6.90. The third-order valence-corrected chi connectivity index (χ3v) is 6.01. The van der Waals surface area contributed by atoms with Gasteiger partial charge in [0.05, 0.1) is 36.1 Å². The Bertz CT molecular complexity index is 1350. The number of hydrogen-bond donors (Lipinski definition) is 0. The van der Waals surface area contributed by atoms with Crippen LogP contribution in [-0.2, 0) is 9.53 Å². The monoisotopic (exact) mass is 438 g/mol. The zero-order chi connectivity index (χ0) is 22.1. The molecule has 0 saturated heterocycles. The molecule has 1 atom stereocenters. The third-order valence-electron chi connectivity index (χ3n) is 5.03. The number of allylic oxidation sites excluding steroid dienone is 1. The molecular formula is C23H19FN2O4S. The van der Waals surface area contributed by atoms with Crippen LogP contribution in [-0.4, -0.2) is 24.8 Å². The van der Waals surface area contributed by atoms with Gasteiger partial charge in [-0.1, -0.05) is 35.6 Å². The molecule has 0 amide bonds. The van der Waals surface area contributed by atoms with Crippen LogP contribution < -0.4 is 19.6 Å². The maximum atomic E-state index is 13.4. The number of aromatic nitrogens is 1. The van der Waals surface area contributed by atoms with Crippen LogP contribution in [0.3, 0.4) is 0 Å². The maximum absolute atomic E-state index is 13.4. The lowest BCUT2D eigenvalue weighted by atomic mass is 9.96. The first-order valence-electron chi connectivity index (χ1n) is 9.43. The number of halogens is 1. The summed E-state index contributed by atoms with van der Waals surface area (Å²) in [7, 11) is 2.87. The van der Waals surface area contributed by atoms with Crippen LogP contribution in [0.15, 0.2) is 69.6 Å². The average molecular weight is 438 g/mol. The number of ether oxygens (including phenoxy) is 2. The molecule has 0 spiro atoms. The molecule has 4 rings (SSSR count). The van der Waals surface area contributed by atoms with Crippen molar-refractivity contribution in [3.63, 3.8) is 0 Å². The normalized spacial score (nSPS) is 16.0. The van der Waals surface area contributed by atoms with E-state index < -0.39 is 12.0 Å². The number of benzene rings is 2. The van der Waals surface area contributed by atoms with Crippen LogP contribution in [0.4, 0.5) is 4.39 Å². The highest BCUT2D eigenvalue weighted by molar-refractivity contribution is 7.07. The van der Waals surface area contributed by atoms with E-state index in [0.717, 1.165) is 5.56 Å². The topological polar surface area (TPSA) is 69.9 Å². The Hall–Kier alpha value is -3.52. The zero-order valence-electron chi connectivity index (χ0n) is 17.1. The molecule has 0 aliphatic carbocycles. The summed E-state index contributed by atoms with van der Waals surface area (Å²) in [6.45, 7) is 1.72. The van der Waals surface area contributed by atoms with Crippen molar-refractivity contribution in [2.45, 2.75) is 13.0 Å². The number of hydrogen-bond acceptors (Lipinski definition) is 6. The van der Waals surface area contributed by atoms with E-state index in [4.69, 9.17) is 9.47 Å². The Morgan fingerprint density at radius 1 is 1.13 bits per heavy atom. The van der Waals surface area contributed by atoms with Gasteiger partial charge in [-0.15, -0.1) is 0 Å². The predicted octanol–water partition coefficient (Wildman–Crippen LogP) is 2.56. The summed E-state index contributed by atoms with van der Waals surface area (Å²) in [4.78, 5) is 31.0. The molecule has 2 aromatic carbocycles. The number of fused-ring (bicyclic) bond motifs is 1. The summed E-state index contributed by atoms with van der Waals surface area (Å²) in [5, 5.41) is 0. The fraction of sp³-hybridized carbons (Fsp3) is 0.174. The molecule has 1 aliphatic rings. The lowest BCUT2D eigenvalue weighted by molar-refractivity contribution is -0.136. The van der Waals surface area contributed by atoms with E-state index >= 15 is 0 Å². The summed E-state index contributed by atoms with van der Waals surface area (Å²) in [6.07, 6.45) is 1.69. The van der Waals surface area contributed by atoms with Crippen molar-refractivity contribution in [3.8, 4) is 5.75 Å². The minimum Gasteiger partial charge on any atom is -0.497 e. The molecule has 0 N–H and O–H groups in total. The molecule has 0 bridgehead atoms. The Kier molecular flexibility index (Phi) is 5.56. The quantitative estimate of drug-likeness (QED) is 0.587. The minimum atomic E-state index is -0.690. The van der Waals surface area contributed by atoms with E-state index in [1.165, 1.54) is 35.1 Å². The highest BCUT2D eigenvalue weighted by Gasteiger charge is 2.33. The summed E-state index contributed by atoms with van der Waals surface area (Å²) < 4.78 is 25.4. The molecule has 0 saturated carbocycles.